The van der Waals surface area contributed by atoms with Crippen LogP contribution in [-0.4, -0.2) is 25.6 Å². The quantitative estimate of drug-likeness (QED) is 0.729. The molecule has 1 fully saturated rings. The first-order valence-electron chi connectivity index (χ1n) is 4.35. The van der Waals surface area contributed by atoms with Crippen molar-refractivity contribution in [2.45, 2.75) is 18.9 Å². The summed E-state index contributed by atoms with van der Waals surface area (Å²) in [7, 11) is 0. The summed E-state index contributed by atoms with van der Waals surface area (Å²) in [4.78, 5) is 8.09. The monoisotopic (exact) mass is 175 g/mol. The molecule has 13 heavy (non-hydrogen) atoms. The SMILES string of the molecule is c1cc(NC2CC2)n2ncnc2n1. The summed E-state index contributed by atoms with van der Waals surface area (Å²) in [6.07, 6.45) is 5.76. The smallest absolute Gasteiger partial charge is 0.254 e. The van der Waals surface area contributed by atoms with Gasteiger partial charge in [-0.25, -0.2) is 4.98 Å². The fraction of sp³-hybridized carbons (Fsp3) is 0.375. The first-order valence-corrected chi connectivity index (χ1v) is 4.35. The van der Waals surface area contributed by atoms with Crippen molar-refractivity contribution in [3.05, 3.63) is 18.6 Å². The zero-order valence-electron chi connectivity index (χ0n) is 7.01. The molecule has 1 N–H and O–H groups in total. The van der Waals surface area contributed by atoms with Gasteiger partial charge in [-0.3, -0.25) is 0 Å². The number of nitrogens with zero attached hydrogens (tertiary/aromatic N) is 4. The summed E-state index contributed by atoms with van der Waals surface area (Å²) in [5, 5.41) is 7.45. The lowest BCUT2D eigenvalue weighted by Gasteiger charge is -2.04. The van der Waals surface area contributed by atoms with Crippen molar-refractivity contribution in [2.75, 3.05) is 5.32 Å². The molecule has 2 heterocycles. The third kappa shape index (κ3) is 1.12. The summed E-state index contributed by atoms with van der Waals surface area (Å²) >= 11 is 0. The lowest BCUT2D eigenvalue weighted by atomic mass is 10.5. The highest BCUT2D eigenvalue weighted by atomic mass is 15.4. The van der Waals surface area contributed by atoms with E-state index >= 15 is 0 Å². The highest BCUT2D eigenvalue weighted by Gasteiger charge is 2.21. The van der Waals surface area contributed by atoms with Gasteiger partial charge in [0.2, 0.25) is 0 Å². The van der Waals surface area contributed by atoms with Crippen molar-refractivity contribution in [2.24, 2.45) is 0 Å². The van der Waals surface area contributed by atoms with Crippen molar-refractivity contribution >= 4 is 11.6 Å². The second kappa shape index (κ2) is 2.42. The van der Waals surface area contributed by atoms with E-state index in [1.807, 2.05) is 6.07 Å². The molecule has 1 saturated carbocycles. The fourth-order valence-corrected chi connectivity index (χ4v) is 1.28. The van der Waals surface area contributed by atoms with Gasteiger partial charge in [0.1, 0.15) is 12.1 Å². The number of hydrogen-bond acceptors (Lipinski definition) is 4. The van der Waals surface area contributed by atoms with Gasteiger partial charge in [-0.2, -0.15) is 14.6 Å². The Kier molecular flexibility index (Phi) is 1.27. The van der Waals surface area contributed by atoms with Crippen LogP contribution in [0, 0.1) is 0 Å². The molecule has 0 bridgehead atoms. The minimum atomic E-state index is 0.620. The molecular formula is C8H9N5. The number of rotatable bonds is 2. The van der Waals surface area contributed by atoms with E-state index in [9.17, 15) is 0 Å². The van der Waals surface area contributed by atoms with E-state index < -0.39 is 0 Å². The second-order valence-corrected chi connectivity index (χ2v) is 3.22. The molecule has 2 aromatic heterocycles. The largest absolute Gasteiger partial charge is 0.367 e. The van der Waals surface area contributed by atoms with Crippen molar-refractivity contribution < 1.29 is 0 Å². The molecule has 0 aliphatic heterocycles. The number of anilines is 1. The Labute approximate surface area is 74.8 Å². The molecule has 66 valence electrons. The van der Waals surface area contributed by atoms with Gasteiger partial charge in [0.15, 0.2) is 0 Å². The van der Waals surface area contributed by atoms with Crippen LogP contribution >= 0.6 is 0 Å². The summed E-state index contributed by atoms with van der Waals surface area (Å²) in [6, 6.07) is 2.54. The van der Waals surface area contributed by atoms with Crippen LogP contribution in [0.15, 0.2) is 18.6 Å². The van der Waals surface area contributed by atoms with E-state index in [1.165, 1.54) is 19.2 Å². The van der Waals surface area contributed by atoms with Gasteiger partial charge in [0, 0.05) is 12.2 Å². The van der Waals surface area contributed by atoms with Crippen LogP contribution in [0.5, 0.6) is 0 Å². The Morgan fingerprint density at radius 2 is 2.31 bits per heavy atom. The molecule has 0 amide bonds. The Morgan fingerprint density at radius 3 is 3.15 bits per heavy atom. The van der Waals surface area contributed by atoms with Crippen molar-refractivity contribution in [3.8, 4) is 0 Å². The third-order valence-electron chi connectivity index (χ3n) is 2.11. The van der Waals surface area contributed by atoms with E-state index in [0.717, 1.165) is 5.82 Å². The summed E-state index contributed by atoms with van der Waals surface area (Å²) in [6.45, 7) is 0. The van der Waals surface area contributed by atoms with Crippen LogP contribution in [0.25, 0.3) is 5.78 Å². The van der Waals surface area contributed by atoms with E-state index in [2.05, 4.69) is 20.4 Å². The molecule has 2 aromatic rings. The topological polar surface area (TPSA) is 55.1 Å². The predicted octanol–water partition coefficient (Wildman–Crippen LogP) is 0.699. The predicted molar refractivity (Wildman–Crippen MR) is 47.4 cm³/mol. The first-order chi connectivity index (χ1) is 6.43. The molecule has 0 atom stereocenters. The van der Waals surface area contributed by atoms with E-state index in [0.29, 0.717) is 11.8 Å². The maximum absolute atomic E-state index is 4.08. The van der Waals surface area contributed by atoms with E-state index in [1.54, 1.807) is 10.7 Å². The highest BCUT2D eigenvalue weighted by Crippen LogP contribution is 2.23. The molecule has 5 nitrogen and oxygen atoms in total. The molecule has 0 unspecified atom stereocenters. The standard InChI is InChI=1S/C8H9N5/c1-2-6(1)12-7-3-4-9-8-10-5-11-13(7)8/h3-6,12H,1-2H2. The molecule has 0 aromatic carbocycles. The fourth-order valence-electron chi connectivity index (χ4n) is 1.28. The number of nitrogens with one attached hydrogen (secondary N) is 1. The Hall–Kier alpha value is -1.65. The zero-order chi connectivity index (χ0) is 8.67. The number of fused-ring (bicyclic) bond motifs is 1. The Bertz CT molecular complexity index is 431. The average Bonchev–Trinajstić information content (AvgIpc) is 2.83. The number of hydrogen-bond donors (Lipinski definition) is 1. The summed E-state index contributed by atoms with van der Waals surface area (Å²) in [5.41, 5.74) is 0. The van der Waals surface area contributed by atoms with Crippen LogP contribution < -0.4 is 5.32 Å². The van der Waals surface area contributed by atoms with Crippen LogP contribution in [0.2, 0.25) is 0 Å². The van der Waals surface area contributed by atoms with Gasteiger partial charge in [-0.1, -0.05) is 0 Å². The Morgan fingerprint density at radius 1 is 1.38 bits per heavy atom. The zero-order valence-corrected chi connectivity index (χ0v) is 7.01. The minimum absolute atomic E-state index is 0.620. The van der Waals surface area contributed by atoms with Gasteiger partial charge in [-0.15, -0.1) is 0 Å². The van der Waals surface area contributed by atoms with Gasteiger partial charge >= 0.3 is 0 Å². The molecule has 3 rings (SSSR count). The van der Waals surface area contributed by atoms with Crippen LogP contribution in [0.1, 0.15) is 12.8 Å². The van der Waals surface area contributed by atoms with Crippen LogP contribution in [0.4, 0.5) is 5.82 Å². The normalized spacial score (nSPS) is 16.3. The maximum Gasteiger partial charge on any atom is 0.254 e. The minimum Gasteiger partial charge on any atom is -0.367 e. The van der Waals surface area contributed by atoms with Crippen LogP contribution in [0.3, 0.4) is 0 Å². The summed E-state index contributed by atoms with van der Waals surface area (Å²) < 4.78 is 1.72. The second-order valence-electron chi connectivity index (χ2n) is 3.22. The molecule has 0 radical (unpaired) electrons. The summed E-state index contributed by atoms with van der Waals surface area (Å²) in [5.74, 6) is 1.62. The van der Waals surface area contributed by atoms with Gasteiger partial charge in [-0.05, 0) is 18.9 Å². The number of aromatic nitrogens is 4. The molecule has 0 spiro atoms. The molecular weight excluding hydrogens is 166 g/mol. The van der Waals surface area contributed by atoms with E-state index in [-0.39, 0.29) is 0 Å². The van der Waals surface area contributed by atoms with Crippen molar-refractivity contribution in [1.29, 1.82) is 0 Å². The molecule has 5 heteroatoms. The van der Waals surface area contributed by atoms with Gasteiger partial charge in [0.25, 0.3) is 5.78 Å². The van der Waals surface area contributed by atoms with Gasteiger partial charge in [0.05, 0.1) is 0 Å². The molecule has 1 aliphatic rings. The molecule has 0 saturated heterocycles. The van der Waals surface area contributed by atoms with Gasteiger partial charge < -0.3 is 5.32 Å². The van der Waals surface area contributed by atoms with Crippen molar-refractivity contribution in [3.63, 3.8) is 0 Å². The highest BCUT2D eigenvalue weighted by molar-refractivity contribution is 5.43. The maximum atomic E-state index is 4.08. The lowest BCUT2D eigenvalue weighted by Crippen LogP contribution is -2.07. The van der Waals surface area contributed by atoms with E-state index in [4.69, 9.17) is 0 Å². The Balaban J connectivity index is 2.09. The van der Waals surface area contributed by atoms with Crippen LogP contribution in [-0.2, 0) is 0 Å². The first kappa shape index (κ1) is 6.82. The molecule has 1 aliphatic carbocycles. The van der Waals surface area contributed by atoms with Crippen molar-refractivity contribution in [1.82, 2.24) is 19.6 Å². The third-order valence-corrected chi connectivity index (χ3v) is 2.11. The average molecular weight is 175 g/mol. The lowest BCUT2D eigenvalue weighted by molar-refractivity contribution is 0.924.